The smallest absolute Gasteiger partial charge is 0.341 e. The van der Waals surface area contributed by atoms with Crippen LogP contribution in [0.2, 0.25) is 0 Å². The minimum absolute atomic E-state index is 0.0773. The van der Waals surface area contributed by atoms with Crippen molar-refractivity contribution in [3.63, 3.8) is 0 Å². The summed E-state index contributed by atoms with van der Waals surface area (Å²) in [6.45, 7) is 4.45. The van der Waals surface area contributed by atoms with Crippen LogP contribution in [0.15, 0.2) is 23.6 Å². The van der Waals surface area contributed by atoms with Crippen LogP contribution in [0.25, 0.3) is 11.4 Å². The molecule has 5 rings (SSSR count). The van der Waals surface area contributed by atoms with Crippen LogP contribution in [0.5, 0.6) is 5.75 Å². The van der Waals surface area contributed by atoms with E-state index in [1.54, 1.807) is 40.4 Å². The van der Waals surface area contributed by atoms with E-state index in [0.717, 1.165) is 21.6 Å². The van der Waals surface area contributed by atoms with E-state index in [1.807, 2.05) is 13.8 Å². The van der Waals surface area contributed by atoms with E-state index in [2.05, 4.69) is 20.2 Å². The van der Waals surface area contributed by atoms with Crippen LogP contribution < -0.4 is 10.5 Å². The lowest BCUT2D eigenvalue weighted by molar-refractivity contribution is 0.0258. The van der Waals surface area contributed by atoms with Crippen molar-refractivity contribution in [2.45, 2.75) is 32.4 Å². The van der Waals surface area contributed by atoms with Gasteiger partial charge in [-0.25, -0.2) is 19.2 Å². The first-order valence-corrected chi connectivity index (χ1v) is 11.3. The second-order valence-corrected chi connectivity index (χ2v) is 9.35. The van der Waals surface area contributed by atoms with E-state index in [-0.39, 0.29) is 23.9 Å². The standard InChI is InChI=1S/C21H23FN8O2S/c1-11-19(28(3)27-20(11)23)15-6-17(14(22)7-25-15)32-13-9-29(10-13)21(31)30-16(4-5-26-30)18-8-24-12(2)33-18/h5-8,13,16H,4,9-10H2,1-3H3,(H2,23,27). The Morgan fingerprint density at radius 1 is 1.27 bits per heavy atom. The predicted molar refractivity (Wildman–Crippen MR) is 121 cm³/mol. The third kappa shape index (κ3) is 3.80. The Morgan fingerprint density at radius 3 is 2.73 bits per heavy atom. The van der Waals surface area contributed by atoms with Crippen molar-refractivity contribution in [2.24, 2.45) is 12.1 Å². The summed E-state index contributed by atoms with van der Waals surface area (Å²) in [4.78, 5) is 24.1. The van der Waals surface area contributed by atoms with E-state index in [1.165, 1.54) is 11.1 Å². The highest BCUT2D eigenvalue weighted by Gasteiger charge is 2.39. The van der Waals surface area contributed by atoms with Gasteiger partial charge < -0.3 is 15.4 Å². The number of hydrogen-bond acceptors (Lipinski definition) is 8. The number of urea groups is 1. The van der Waals surface area contributed by atoms with Crippen LogP contribution in [-0.2, 0) is 7.05 Å². The third-order valence-electron chi connectivity index (χ3n) is 5.79. The number of amides is 2. The lowest BCUT2D eigenvalue weighted by Gasteiger charge is -2.40. The minimum Gasteiger partial charge on any atom is -0.483 e. The number of ether oxygens (including phenoxy) is 1. The Morgan fingerprint density at radius 2 is 2.06 bits per heavy atom. The summed E-state index contributed by atoms with van der Waals surface area (Å²) in [6.07, 6.45) is 4.99. The van der Waals surface area contributed by atoms with Gasteiger partial charge in [-0.05, 0) is 13.8 Å². The number of carbonyl (C=O) groups is 1. The average molecular weight is 471 g/mol. The van der Waals surface area contributed by atoms with Gasteiger partial charge in [-0.2, -0.15) is 10.2 Å². The average Bonchev–Trinajstić information content (AvgIpc) is 3.45. The first kappa shape index (κ1) is 21.3. The second-order valence-electron chi connectivity index (χ2n) is 8.09. The molecule has 0 aliphatic carbocycles. The number of aromatic nitrogens is 4. The number of rotatable bonds is 4. The molecule has 2 N–H and O–H groups in total. The lowest BCUT2D eigenvalue weighted by atomic mass is 10.1. The van der Waals surface area contributed by atoms with Gasteiger partial charge in [0, 0.05) is 42.4 Å². The topological polar surface area (TPSA) is 115 Å². The van der Waals surface area contributed by atoms with Gasteiger partial charge in [-0.15, -0.1) is 11.3 Å². The molecule has 33 heavy (non-hydrogen) atoms. The molecular weight excluding hydrogens is 447 g/mol. The maximum absolute atomic E-state index is 14.4. The van der Waals surface area contributed by atoms with E-state index in [4.69, 9.17) is 10.5 Å². The van der Waals surface area contributed by atoms with Gasteiger partial charge in [0.2, 0.25) is 0 Å². The van der Waals surface area contributed by atoms with Crippen molar-refractivity contribution in [2.75, 3.05) is 18.8 Å². The molecule has 1 saturated heterocycles. The molecule has 12 heteroatoms. The fourth-order valence-corrected chi connectivity index (χ4v) is 4.89. The highest BCUT2D eigenvalue weighted by atomic mass is 32.1. The largest absolute Gasteiger partial charge is 0.483 e. The van der Waals surface area contributed by atoms with E-state index >= 15 is 0 Å². The highest BCUT2D eigenvalue weighted by Crippen LogP contribution is 2.34. The van der Waals surface area contributed by atoms with Crippen molar-refractivity contribution in [1.29, 1.82) is 0 Å². The van der Waals surface area contributed by atoms with Crippen LogP contribution in [0.1, 0.15) is 27.9 Å². The lowest BCUT2D eigenvalue weighted by Crippen LogP contribution is -2.58. The SMILES string of the molecule is Cc1ncc(C2CC=NN2C(=O)N2CC(Oc3cc(-c4c(C)c(N)nn4C)ncc3F)C2)s1. The van der Waals surface area contributed by atoms with Gasteiger partial charge in [-0.1, -0.05) is 0 Å². The summed E-state index contributed by atoms with van der Waals surface area (Å²) in [5, 5.41) is 10.9. The number of halogens is 1. The molecule has 0 saturated carbocycles. The molecule has 2 aliphatic rings. The summed E-state index contributed by atoms with van der Waals surface area (Å²) in [6, 6.07) is 1.20. The van der Waals surface area contributed by atoms with Crippen LogP contribution in [-0.4, -0.2) is 61.1 Å². The second kappa shape index (κ2) is 8.10. The molecule has 0 spiro atoms. The van der Waals surface area contributed by atoms with Crippen LogP contribution in [0.4, 0.5) is 15.0 Å². The molecule has 3 aromatic heterocycles. The van der Waals surface area contributed by atoms with Crippen LogP contribution in [0.3, 0.4) is 0 Å². The number of likely N-dealkylation sites (tertiary alicyclic amines) is 1. The van der Waals surface area contributed by atoms with Crippen molar-refractivity contribution in [3.05, 3.63) is 39.7 Å². The molecule has 10 nitrogen and oxygen atoms in total. The van der Waals surface area contributed by atoms with Crippen LogP contribution >= 0.6 is 11.3 Å². The molecule has 2 aliphatic heterocycles. The maximum atomic E-state index is 14.4. The van der Waals surface area contributed by atoms with Gasteiger partial charge in [0.05, 0.1) is 41.7 Å². The minimum atomic E-state index is -0.568. The number of pyridine rings is 1. The van der Waals surface area contributed by atoms with E-state index < -0.39 is 5.82 Å². The van der Waals surface area contributed by atoms with Gasteiger partial charge in [0.1, 0.15) is 11.9 Å². The summed E-state index contributed by atoms with van der Waals surface area (Å²) < 4.78 is 21.9. The molecule has 0 bridgehead atoms. The number of nitrogen functional groups attached to an aromatic ring is 1. The number of nitrogens with zero attached hydrogens (tertiary/aromatic N) is 7. The first-order valence-electron chi connectivity index (χ1n) is 10.5. The fraction of sp³-hybridized carbons (Fsp3) is 0.381. The zero-order valence-electron chi connectivity index (χ0n) is 18.4. The summed E-state index contributed by atoms with van der Waals surface area (Å²) in [5.74, 6) is -0.0971. The summed E-state index contributed by atoms with van der Waals surface area (Å²) in [5.41, 5.74) is 7.85. The first-order chi connectivity index (χ1) is 15.8. The summed E-state index contributed by atoms with van der Waals surface area (Å²) >= 11 is 1.56. The molecule has 1 fully saturated rings. The monoisotopic (exact) mass is 470 g/mol. The number of aryl methyl sites for hydroxylation is 2. The molecule has 5 heterocycles. The predicted octanol–water partition coefficient (Wildman–Crippen LogP) is 2.89. The third-order valence-corrected chi connectivity index (χ3v) is 6.80. The van der Waals surface area contributed by atoms with Crippen molar-refractivity contribution >= 4 is 29.4 Å². The molecular formula is C21H23FN8O2S. The number of hydrazone groups is 1. The quantitative estimate of drug-likeness (QED) is 0.627. The summed E-state index contributed by atoms with van der Waals surface area (Å²) in [7, 11) is 1.75. The maximum Gasteiger partial charge on any atom is 0.341 e. The van der Waals surface area contributed by atoms with Gasteiger partial charge in [0.25, 0.3) is 0 Å². The fourth-order valence-electron chi connectivity index (χ4n) is 4.01. The van der Waals surface area contributed by atoms with E-state index in [9.17, 15) is 9.18 Å². The van der Waals surface area contributed by atoms with E-state index in [0.29, 0.717) is 36.7 Å². The highest BCUT2D eigenvalue weighted by molar-refractivity contribution is 7.11. The van der Waals surface area contributed by atoms with Gasteiger partial charge >= 0.3 is 6.03 Å². The zero-order valence-corrected chi connectivity index (χ0v) is 19.2. The van der Waals surface area contributed by atoms with Crippen molar-refractivity contribution in [3.8, 4) is 17.1 Å². The number of thiazole rings is 1. The molecule has 2 amide bonds. The molecule has 172 valence electrons. The zero-order chi connectivity index (χ0) is 23.3. The van der Waals surface area contributed by atoms with Gasteiger partial charge in [-0.3, -0.25) is 9.67 Å². The number of hydrogen-bond donors (Lipinski definition) is 1. The Balaban J connectivity index is 1.25. The van der Waals surface area contributed by atoms with Crippen molar-refractivity contribution < 1.29 is 13.9 Å². The molecule has 1 unspecified atom stereocenters. The van der Waals surface area contributed by atoms with Crippen LogP contribution in [0, 0.1) is 19.7 Å². The van der Waals surface area contributed by atoms with Gasteiger partial charge in [0.15, 0.2) is 11.6 Å². The number of anilines is 1. The number of nitrogens with two attached hydrogens (primary N) is 1. The van der Waals surface area contributed by atoms with Crippen molar-refractivity contribution in [1.82, 2.24) is 29.7 Å². The Kier molecular flexibility index (Phi) is 5.23. The molecule has 0 radical (unpaired) electrons. The molecule has 3 aromatic rings. The molecule has 1 atom stereocenters. The Hall–Kier alpha value is -3.54. The normalized spacial score (nSPS) is 18.1. The number of carbonyl (C=O) groups excluding carboxylic acids is 1. The Bertz CT molecular complexity index is 1250. The Labute approximate surface area is 193 Å². The molecule has 0 aromatic carbocycles.